The van der Waals surface area contributed by atoms with Gasteiger partial charge in [0.15, 0.2) is 0 Å². The normalized spacial score (nSPS) is 13.7. The molecule has 2 aliphatic rings. The molecule has 0 fully saturated rings. The molecule has 0 saturated heterocycles. The van der Waals surface area contributed by atoms with Crippen molar-refractivity contribution in [3.8, 4) is 33.4 Å². The smallest absolute Gasteiger partial charge is 0.147 e. The van der Waals surface area contributed by atoms with Gasteiger partial charge in [0.05, 0.1) is 0 Å². The first-order valence-corrected chi connectivity index (χ1v) is 21.8. The first-order valence-electron chi connectivity index (χ1n) is 18.0. The quantitative estimate of drug-likeness (QED) is 0.163. The summed E-state index contributed by atoms with van der Waals surface area (Å²) < 4.78 is 6.09. The van der Waals surface area contributed by atoms with Crippen molar-refractivity contribution in [1.29, 1.82) is 0 Å². The molecule has 262 valence electrons. The summed E-state index contributed by atoms with van der Waals surface area (Å²) in [6, 6.07) is 35.1. The molecule has 0 N–H and O–H groups in total. The Morgan fingerprint density at radius 2 is 1.20 bits per heavy atom. The van der Waals surface area contributed by atoms with Crippen LogP contribution in [-0.4, -0.2) is 3.71 Å². The van der Waals surface area contributed by atoms with E-state index in [-0.39, 0.29) is 35.6 Å². The van der Waals surface area contributed by atoms with Gasteiger partial charge in [0.1, 0.15) is 0 Å². The molecule has 0 bridgehead atoms. The molecule has 0 spiro atoms. The van der Waals surface area contributed by atoms with Crippen molar-refractivity contribution in [2.45, 2.75) is 86.0 Å². The van der Waals surface area contributed by atoms with E-state index in [4.69, 9.17) is 0 Å². The van der Waals surface area contributed by atoms with Crippen molar-refractivity contribution >= 4 is 31.8 Å². The summed E-state index contributed by atoms with van der Waals surface area (Å²) in [4.78, 5) is 0. The van der Waals surface area contributed by atoms with E-state index >= 15 is 0 Å². The molecule has 0 heterocycles. The molecule has 0 amide bonds. The van der Waals surface area contributed by atoms with Crippen molar-refractivity contribution in [3.63, 3.8) is 0 Å². The first-order chi connectivity index (χ1) is 23.3. The van der Waals surface area contributed by atoms with Gasteiger partial charge in [-0.3, -0.25) is 0 Å². The largest absolute Gasteiger partial charge is 0.147 e. The Morgan fingerprint density at radius 1 is 0.608 bits per heavy atom. The Hall–Kier alpha value is -3.09. The molecule has 3 heteroatoms. The number of allylic oxidation sites excluding steroid dienone is 4. The molecule has 7 rings (SSSR count). The van der Waals surface area contributed by atoms with Crippen LogP contribution in [0.4, 0.5) is 0 Å². The second-order valence-corrected chi connectivity index (χ2v) is 21.9. The van der Waals surface area contributed by atoms with Crippen LogP contribution >= 0.6 is 24.8 Å². The molecular weight excluding hydrogens is 739 g/mol. The SMILES string of the molecule is Cc1ccc(/[CH]=[Zr](/[C]2=CC=CC2)[c]2c3c(cc(C(C)(C)C)c2-c2ccccc2C)-c2cc(C(C)(C)C)c(-c4ccccc4C)cc2C3)cc1.Cl.Cl. The van der Waals surface area contributed by atoms with Crippen LogP contribution in [0.25, 0.3) is 33.4 Å². The Kier molecular flexibility index (Phi) is 11.6. The molecule has 51 heavy (non-hydrogen) atoms. The number of rotatable bonds is 5. The Balaban J connectivity index is 0.00000252. The van der Waals surface area contributed by atoms with Crippen LogP contribution in [-0.2, 0) is 38.5 Å². The van der Waals surface area contributed by atoms with E-state index < -0.39 is 21.3 Å². The second kappa shape index (κ2) is 15.1. The summed E-state index contributed by atoms with van der Waals surface area (Å²) in [5.41, 5.74) is 19.9. The molecule has 0 unspecified atom stereocenters. The van der Waals surface area contributed by atoms with Gasteiger partial charge in [-0.25, -0.2) is 0 Å². The van der Waals surface area contributed by atoms with Crippen molar-refractivity contribution in [2.75, 3.05) is 0 Å². The maximum atomic E-state index is 2.74. The van der Waals surface area contributed by atoms with Crippen molar-refractivity contribution < 1.29 is 21.3 Å². The summed E-state index contributed by atoms with van der Waals surface area (Å²) in [5.74, 6) is 0. The minimum atomic E-state index is -2.67. The molecule has 2 aliphatic carbocycles. The maximum Gasteiger partial charge on any atom is -0.147 e. The number of benzene rings is 5. The van der Waals surface area contributed by atoms with E-state index in [1.165, 1.54) is 72.3 Å². The zero-order valence-electron chi connectivity index (χ0n) is 31.7. The van der Waals surface area contributed by atoms with Gasteiger partial charge in [-0.15, -0.1) is 24.8 Å². The van der Waals surface area contributed by atoms with Crippen LogP contribution in [0.2, 0.25) is 0 Å². The summed E-state index contributed by atoms with van der Waals surface area (Å²) in [7, 11) is 0. The Bertz CT molecular complexity index is 2200. The topological polar surface area (TPSA) is 0 Å². The first kappa shape index (κ1) is 39.1. The molecule has 0 aromatic heterocycles. The minimum absolute atomic E-state index is 0. The predicted octanol–water partition coefficient (Wildman–Crippen LogP) is 12.9. The van der Waals surface area contributed by atoms with Crippen LogP contribution in [0.3, 0.4) is 0 Å². The van der Waals surface area contributed by atoms with Gasteiger partial charge in [-0.2, -0.15) is 0 Å². The number of fused-ring (bicyclic) bond motifs is 3. The second-order valence-electron chi connectivity index (χ2n) is 16.4. The number of hydrogen-bond donors (Lipinski definition) is 0. The van der Waals surface area contributed by atoms with Crippen LogP contribution in [0.5, 0.6) is 0 Å². The van der Waals surface area contributed by atoms with Gasteiger partial charge in [0.25, 0.3) is 0 Å². The molecular formula is C48H52Cl2Zr. The Labute approximate surface area is 327 Å². The van der Waals surface area contributed by atoms with E-state index in [0.29, 0.717) is 0 Å². The molecule has 0 aliphatic heterocycles. The summed E-state index contributed by atoms with van der Waals surface area (Å²) in [6.45, 7) is 21.1. The zero-order chi connectivity index (χ0) is 34.7. The van der Waals surface area contributed by atoms with Gasteiger partial charge in [-0.05, 0) is 0 Å². The number of hydrogen-bond acceptors (Lipinski definition) is 0. The number of aryl methyl sites for hydroxylation is 3. The fraction of sp³-hybridized carbons (Fsp3) is 0.271. The fourth-order valence-corrected chi connectivity index (χ4v) is 15.0. The fourth-order valence-electron chi connectivity index (χ4n) is 7.92. The van der Waals surface area contributed by atoms with Crippen molar-refractivity contribution in [3.05, 3.63) is 157 Å². The van der Waals surface area contributed by atoms with Gasteiger partial charge >= 0.3 is 305 Å². The van der Waals surface area contributed by atoms with Crippen LogP contribution in [0.15, 0.2) is 113 Å². The third kappa shape index (κ3) is 7.56. The predicted molar refractivity (Wildman–Crippen MR) is 225 cm³/mol. The van der Waals surface area contributed by atoms with Crippen LogP contribution < -0.4 is 3.27 Å². The van der Waals surface area contributed by atoms with Gasteiger partial charge < -0.3 is 0 Å². The monoisotopic (exact) mass is 788 g/mol. The Morgan fingerprint density at radius 3 is 1.76 bits per heavy atom. The maximum absolute atomic E-state index is 2.74. The van der Waals surface area contributed by atoms with E-state index in [9.17, 15) is 0 Å². The average Bonchev–Trinajstić information content (AvgIpc) is 3.71. The standard InChI is InChI=1S/C35H37.C8H8.C5H5.2ClH.Zr/c1-22-13-9-11-15-26(22)30-18-24-17-25-19-31(27-16-12-10-14-23(27)2)33(35(6,7)8)21-29(25)28(24)20-32(30)34(3,4)5;1-7-3-5-8(2)6-4-7;1-2-4-5-3-1;;;/h9-16,18,20-21H,17H2,1-8H3;1,3-6H,2H3;1-3H,4H2;2*1H;. The van der Waals surface area contributed by atoms with Gasteiger partial charge in [0.2, 0.25) is 0 Å². The third-order valence-electron chi connectivity index (χ3n) is 10.6. The van der Waals surface area contributed by atoms with Gasteiger partial charge in [0, 0.05) is 0 Å². The van der Waals surface area contributed by atoms with E-state index in [1.807, 2.05) is 0 Å². The molecule has 0 nitrogen and oxygen atoms in total. The molecule has 5 aromatic carbocycles. The number of halogens is 2. The average molecular weight is 791 g/mol. The van der Waals surface area contributed by atoms with Gasteiger partial charge in [-0.1, -0.05) is 0 Å². The summed E-state index contributed by atoms with van der Waals surface area (Å²) in [6.07, 6.45) is 9.20. The van der Waals surface area contributed by atoms with E-state index in [1.54, 1.807) is 12.1 Å². The summed E-state index contributed by atoms with van der Waals surface area (Å²) >= 11 is -2.67. The third-order valence-corrected chi connectivity index (χ3v) is 17.4. The molecule has 0 saturated carbocycles. The summed E-state index contributed by atoms with van der Waals surface area (Å²) in [5, 5.41) is 0. The van der Waals surface area contributed by atoms with Crippen molar-refractivity contribution in [2.24, 2.45) is 0 Å². The van der Waals surface area contributed by atoms with E-state index in [0.717, 1.165) is 12.8 Å². The van der Waals surface area contributed by atoms with Crippen molar-refractivity contribution in [1.82, 2.24) is 0 Å². The molecule has 5 aromatic rings. The van der Waals surface area contributed by atoms with Crippen LogP contribution in [0, 0.1) is 20.8 Å². The molecule has 0 atom stereocenters. The molecule has 0 radical (unpaired) electrons. The minimum Gasteiger partial charge on any atom is -0.147 e. The van der Waals surface area contributed by atoms with Crippen LogP contribution in [0.1, 0.15) is 92.5 Å². The zero-order valence-corrected chi connectivity index (χ0v) is 35.8. The van der Waals surface area contributed by atoms with E-state index in [2.05, 4.69) is 175 Å².